The minimum Gasteiger partial charge on any atom is -0.545 e. The van der Waals surface area contributed by atoms with Gasteiger partial charge in [-0.2, -0.15) is 5.10 Å². The number of aryl methyl sites for hydroxylation is 1. The highest BCUT2D eigenvalue weighted by Crippen LogP contribution is 2.29. The number of nitrogens with zero attached hydrogens (tertiary/aromatic N) is 5. The fourth-order valence-electron chi connectivity index (χ4n) is 4.09. The van der Waals surface area contributed by atoms with Crippen LogP contribution in [-0.2, 0) is 6.54 Å². The summed E-state index contributed by atoms with van der Waals surface area (Å²) in [6.07, 6.45) is 2.62. The van der Waals surface area contributed by atoms with E-state index in [9.17, 15) is 18.7 Å². The predicted octanol–water partition coefficient (Wildman–Crippen LogP) is 4.03. The fraction of sp³-hybridized carbons (Fsp3) is 0.148. The Morgan fingerprint density at radius 1 is 1.11 bits per heavy atom. The van der Waals surface area contributed by atoms with E-state index in [1.165, 1.54) is 23.1 Å². The predicted molar refractivity (Wildman–Crippen MR) is 134 cm³/mol. The molecule has 0 fully saturated rings. The first-order valence-electron chi connectivity index (χ1n) is 11.7. The zero-order valence-electron chi connectivity index (χ0n) is 20.4. The first kappa shape index (κ1) is 24.8. The van der Waals surface area contributed by atoms with Gasteiger partial charge in [0.05, 0.1) is 30.3 Å². The van der Waals surface area contributed by atoms with E-state index >= 15 is 0 Å². The number of rotatable bonds is 8. The Bertz CT molecular complexity index is 1650. The van der Waals surface area contributed by atoms with Crippen LogP contribution in [0.25, 0.3) is 22.4 Å². The minimum absolute atomic E-state index is 0.112. The lowest BCUT2D eigenvalue weighted by Crippen LogP contribution is -2.23. The van der Waals surface area contributed by atoms with Gasteiger partial charge in [0.2, 0.25) is 0 Å². The molecule has 0 atom stereocenters. The normalized spacial score (nSPS) is 11.1. The summed E-state index contributed by atoms with van der Waals surface area (Å²) in [5.74, 6) is -2.18. The second-order valence-corrected chi connectivity index (χ2v) is 8.37. The lowest BCUT2D eigenvalue weighted by molar-refractivity contribution is -0.254. The molecule has 0 aliphatic heterocycles. The summed E-state index contributed by atoms with van der Waals surface area (Å²) in [5.41, 5.74) is 1.58. The molecule has 2 aromatic carbocycles. The van der Waals surface area contributed by atoms with Gasteiger partial charge in [-0.3, -0.25) is 9.67 Å². The molecule has 3 aromatic heterocycles. The summed E-state index contributed by atoms with van der Waals surface area (Å²) in [6, 6.07) is 12.6. The van der Waals surface area contributed by atoms with E-state index in [1.807, 2.05) is 12.1 Å². The SMILES string of the molecule is CCOc1cc(F)c(Cn2nc(-c3nc(C)cc(Nc4ccncc4C(=O)[O-])n3)c3ccccc32)c(F)c1. The van der Waals surface area contributed by atoms with Crippen molar-refractivity contribution in [3.8, 4) is 17.3 Å². The number of aromatic nitrogens is 5. The zero-order valence-corrected chi connectivity index (χ0v) is 20.4. The molecule has 0 amide bonds. The molecule has 0 bridgehead atoms. The van der Waals surface area contributed by atoms with Gasteiger partial charge in [0, 0.05) is 52.8 Å². The number of aromatic carboxylic acids is 1. The number of fused-ring (bicyclic) bond motifs is 1. The van der Waals surface area contributed by atoms with Crippen LogP contribution in [-0.4, -0.2) is 37.3 Å². The Balaban J connectivity index is 1.56. The van der Waals surface area contributed by atoms with Crippen LogP contribution in [0.3, 0.4) is 0 Å². The van der Waals surface area contributed by atoms with Gasteiger partial charge >= 0.3 is 0 Å². The van der Waals surface area contributed by atoms with Crippen molar-refractivity contribution in [1.82, 2.24) is 24.7 Å². The molecule has 3 heterocycles. The summed E-state index contributed by atoms with van der Waals surface area (Å²) in [6.45, 7) is 3.60. The first-order chi connectivity index (χ1) is 18.3. The molecule has 0 saturated heterocycles. The van der Waals surface area contributed by atoms with Crippen LogP contribution in [0.5, 0.6) is 5.75 Å². The van der Waals surface area contributed by atoms with Crippen molar-refractivity contribution in [1.29, 1.82) is 0 Å². The molecule has 38 heavy (non-hydrogen) atoms. The van der Waals surface area contributed by atoms with Crippen molar-refractivity contribution in [2.24, 2.45) is 0 Å². The highest BCUT2D eigenvalue weighted by molar-refractivity contribution is 5.94. The lowest BCUT2D eigenvalue weighted by Gasteiger charge is -2.12. The van der Waals surface area contributed by atoms with Crippen LogP contribution in [0.15, 0.2) is 60.9 Å². The monoisotopic (exact) mass is 515 g/mol. The lowest BCUT2D eigenvalue weighted by atomic mass is 10.1. The van der Waals surface area contributed by atoms with Gasteiger partial charge in [-0.25, -0.2) is 18.7 Å². The van der Waals surface area contributed by atoms with E-state index in [-0.39, 0.29) is 41.5 Å². The number of anilines is 2. The third kappa shape index (κ3) is 4.85. The zero-order chi connectivity index (χ0) is 26.8. The van der Waals surface area contributed by atoms with Crippen LogP contribution >= 0.6 is 0 Å². The van der Waals surface area contributed by atoms with Gasteiger partial charge in [0.1, 0.15) is 28.9 Å². The van der Waals surface area contributed by atoms with Gasteiger partial charge in [-0.1, -0.05) is 18.2 Å². The number of pyridine rings is 1. The van der Waals surface area contributed by atoms with E-state index in [4.69, 9.17) is 4.74 Å². The van der Waals surface area contributed by atoms with Crippen molar-refractivity contribution in [3.05, 3.63) is 89.4 Å². The maximum absolute atomic E-state index is 14.8. The summed E-state index contributed by atoms with van der Waals surface area (Å²) < 4.78 is 36.3. The van der Waals surface area contributed by atoms with Crippen LogP contribution in [0, 0.1) is 18.6 Å². The van der Waals surface area contributed by atoms with Crippen LogP contribution in [0.1, 0.15) is 28.5 Å². The Hall–Kier alpha value is -4.93. The number of halogens is 2. The number of carbonyl (C=O) groups excluding carboxylic acids is 1. The van der Waals surface area contributed by atoms with Gasteiger partial charge in [-0.15, -0.1) is 0 Å². The van der Waals surface area contributed by atoms with Crippen molar-refractivity contribution in [3.63, 3.8) is 0 Å². The highest BCUT2D eigenvalue weighted by atomic mass is 19.1. The van der Waals surface area contributed by atoms with Gasteiger partial charge in [0.15, 0.2) is 5.82 Å². The summed E-state index contributed by atoms with van der Waals surface area (Å²) in [7, 11) is 0. The van der Waals surface area contributed by atoms with E-state index in [0.717, 1.165) is 12.1 Å². The largest absolute Gasteiger partial charge is 0.545 e. The molecule has 192 valence electrons. The van der Waals surface area contributed by atoms with Gasteiger partial charge in [-0.05, 0) is 26.0 Å². The van der Waals surface area contributed by atoms with E-state index in [0.29, 0.717) is 28.1 Å². The van der Waals surface area contributed by atoms with Crippen molar-refractivity contribution in [2.45, 2.75) is 20.4 Å². The maximum Gasteiger partial charge on any atom is 0.182 e. The standard InChI is InChI=1S/C27H22F2N6O3/c1-3-38-16-11-20(28)19(21(29)12-16)14-35-23-7-5-4-6-17(23)25(34-35)26-31-15(2)10-24(33-26)32-22-8-9-30-13-18(22)27(36)37/h4-13H,3,14H2,1-2H3,(H,36,37)(H,30,31,32,33)/p-1. The number of benzene rings is 2. The molecule has 0 saturated carbocycles. The number of ether oxygens (including phenoxy) is 1. The minimum atomic E-state index is -1.38. The highest BCUT2D eigenvalue weighted by Gasteiger charge is 2.19. The Morgan fingerprint density at radius 2 is 1.87 bits per heavy atom. The van der Waals surface area contributed by atoms with Crippen molar-refractivity contribution >= 4 is 28.4 Å². The molecule has 0 spiro atoms. The quantitative estimate of drug-likeness (QED) is 0.329. The second kappa shape index (κ2) is 10.2. The van der Waals surface area contributed by atoms with Gasteiger partial charge < -0.3 is 20.0 Å². The number of carboxylic acid groups (broad SMARTS) is 1. The average Bonchev–Trinajstić information content (AvgIpc) is 3.25. The molecule has 0 radical (unpaired) electrons. The molecule has 5 rings (SSSR count). The number of nitrogens with one attached hydrogen (secondary N) is 1. The van der Waals surface area contributed by atoms with E-state index in [2.05, 4.69) is 25.4 Å². The third-order valence-corrected chi connectivity index (χ3v) is 5.76. The molecule has 9 nitrogen and oxygen atoms in total. The second-order valence-electron chi connectivity index (χ2n) is 8.37. The smallest absolute Gasteiger partial charge is 0.182 e. The van der Waals surface area contributed by atoms with E-state index < -0.39 is 17.6 Å². The number of para-hydroxylation sites is 1. The van der Waals surface area contributed by atoms with Crippen molar-refractivity contribution < 1.29 is 23.4 Å². The molecule has 0 aliphatic carbocycles. The van der Waals surface area contributed by atoms with Crippen molar-refractivity contribution in [2.75, 3.05) is 11.9 Å². The molecule has 0 unspecified atom stereocenters. The molecule has 1 N–H and O–H groups in total. The number of carboxylic acids is 1. The average molecular weight is 516 g/mol. The number of hydrogen-bond acceptors (Lipinski definition) is 8. The van der Waals surface area contributed by atoms with Crippen LogP contribution in [0.4, 0.5) is 20.3 Å². The Labute approximate surface area is 215 Å². The summed E-state index contributed by atoms with van der Waals surface area (Å²) >= 11 is 0. The molecular weight excluding hydrogens is 494 g/mol. The Kier molecular flexibility index (Phi) is 6.65. The first-order valence-corrected chi connectivity index (χ1v) is 11.7. The topological polar surface area (TPSA) is 118 Å². The molecule has 5 aromatic rings. The van der Waals surface area contributed by atoms with Gasteiger partial charge in [0.25, 0.3) is 0 Å². The van der Waals surface area contributed by atoms with Crippen LogP contribution < -0.4 is 15.2 Å². The summed E-state index contributed by atoms with van der Waals surface area (Å²) in [5, 5.41) is 19.7. The fourth-order valence-corrected chi connectivity index (χ4v) is 4.09. The van der Waals surface area contributed by atoms with E-state index in [1.54, 1.807) is 32.0 Å². The maximum atomic E-state index is 14.8. The molecule has 11 heteroatoms. The van der Waals surface area contributed by atoms with Crippen LogP contribution in [0.2, 0.25) is 0 Å². The molecular formula is C27H21F2N6O3-. The third-order valence-electron chi connectivity index (χ3n) is 5.76. The molecule has 0 aliphatic rings. The number of carbonyl (C=O) groups is 1. The Morgan fingerprint density at radius 3 is 2.61 bits per heavy atom. The summed E-state index contributed by atoms with van der Waals surface area (Å²) in [4.78, 5) is 24.3. The number of hydrogen-bond donors (Lipinski definition) is 1.